The molecule has 0 bridgehead atoms. The summed E-state index contributed by atoms with van der Waals surface area (Å²) in [5.41, 5.74) is -0.221. The van der Waals surface area contributed by atoms with Gasteiger partial charge in [0, 0.05) is 12.2 Å². The van der Waals surface area contributed by atoms with Crippen molar-refractivity contribution >= 4 is 11.6 Å². The van der Waals surface area contributed by atoms with Crippen molar-refractivity contribution in [2.75, 3.05) is 18.4 Å². The lowest BCUT2D eigenvalue weighted by Gasteiger charge is -2.10. The Hall–Kier alpha value is -1.72. The van der Waals surface area contributed by atoms with Gasteiger partial charge >= 0.3 is 6.18 Å². The Labute approximate surface area is 116 Å². The standard InChI is InChI=1S/C14H19F3N2O/c1-10(2)7-8-18-13(20)9-19-12-5-3-11(4-6-12)14(15,16)17/h3-6,10,19H,7-9H2,1-2H3,(H,18,20). The van der Waals surface area contributed by atoms with Gasteiger partial charge in [-0.05, 0) is 36.6 Å². The molecule has 1 aromatic rings. The van der Waals surface area contributed by atoms with Gasteiger partial charge in [0.05, 0.1) is 12.1 Å². The molecule has 3 nitrogen and oxygen atoms in total. The Morgan fingerprint density at radius 2 is 1.80 bits per heavy atom. The van der Waals surface area contributed by atoms with E-state index in [1.807, 2.05) is 0 Å². The highest BCUT2D eigenvalue weighted by molar-refractivity contribution is 5.80. The van der Waals surface area contributed by atoms with Crippen LogP contribution in [0.25, 0.3) is 0 Å². The zero-order chi connectivity index (χ0) is 15.2. The maximum atomic E-state index is 12.4. The summed E-state index contributed by atoms with van der Waals surface area (Å²) in [4.78, 5) is 11.5. The molecule has 0 saturated heterocycles. The zero-order valence-corrected chi connectivity index (χ0v) is 11.6. The van der Waals surface area contributed by atoms with Crippen molar-refractivity contribution in [2.24, 2.45) is 5.92 Å². The fourth-order valence-electron chi connectivity index (χ4n) is 1.52. The van der Waals surface area contributed by atoms with E-state index >= 15 is 0 Å². The lowest BCUT2D eigenvalue weighted by molar-refractivity contribution is -0.137. The van der Waals surface area contributed by atoms with Crippen LogP contribution in [-0.4, -0.2) is 19.0 Å². The Kier molecular flexibility index (Phi) is 5.85. The first-order valence-corrected chi connectivity index (χ1v) is 6.47. The normalized spacial score (nSPS) is 11.5. The summed E-state index contributed by atoms with van der Waals surface area (Å²) in [6.07, 6.45) is -3.45. The summed E-state index contributed by atoms with van der Waals surface area (Å²) in [7, 11) is 0. The van der Waals surface area contributed by atoms with Crippen molar-refractivity contribution in [3.63, 3.8) is 0 Å². The topological polar surface area (TPSA) is 41.1 Å². The molecule has 0 aliphatic carbocycles. The van der Waals surface area contributed by atoms with Gasteiger partial charge in [0.25, 0.3) is 0 Å². The fraction of sp³-hybridized carbons (Fsp3) is 0.500. The monoisotopic (exact) mass is 288 g/mol. The van der Waals surface area contributed by atoms with Crippen LogP contribution in [-0.2, 0) is 11.0 Å². The molecule has 0 saturated carbocycles. The Bertz CT molecular complexity index is 427. The van der Waals surface area contributed by atoms with Crippen LogP contribution in [0, 0.1) is 5.92 Å². The van der Waals surface area contributed by atoms with Gasteiger partial charge in [0.2, 0.25) is 5.91 Å². The van der Waals surface area contributed by atoms with Gasteiger partial charge in [0.15, 0.2) is 0 Å². The molecular weight excluding hydrogens is 269 g/mol. The number of amides is 1. The van der Waals surface area contributed by atoms with E-state index < -0.39 is 11.7 Å². The van der Waals surface area contributed by atoms with Crippen molar-refractivity contribution in [3.05, 3.63) is 29.8 Å². The number of benzene rings is 1. The third kappa shape index (κ3) is 5.95. The average Bonchev–Trinajstić information content (AvgIpc) is 2.35. The molecule has 1 rings (SSSR count). The molecule has 6 heteroatoms. The second-order valence-corrected chi connectivity index (χ2v) is 4.96. The van der Waals surface area contributed by atoms with E-state index in [-0.39, 0.29) is 12.5 Å². The number of carbonyl (C=O) groups is 1. The van der Waals surface area contributed by atoms with Crippen molar-refractivity contribution in [1.29, 1.82) is 0 Å². The number of anilines is 1. The zero-order valence-electron chi connectivity index (χ0n) is 11.6. The molecule has 0 heterocycles. The van der Waals surface area contributed by atoms with Crippen LogP contribution in [0.4, 0.5) is 18.9 Å². The molecule has 0 unspecified atom stereocenters. The molecule has 0 atom stereocenters. The van der Waals surface area contributed by atoms with Gasteiger partial charge in [-0.1, -0.05) is 13.8 Å². The van der Waals surface area contributed by atoms with Gasteiger partial charge in [-0.25, -0.2) is 0 Å². The largest absolute Gasteiger partial charge is 0.416 e. The summed E-state index contributed by atoms with van der Waals surface area (Å²) < 4.78 is 37.1. The molecule has 0 aliphatic rings. The van der Waals surface area contributed by atoms with Crippen LogP contribution in [0.5, 0.6) is 0 Å². The lowest BCUT2D eigenvalue weighted by atomic mass is 10.1. The van der Waals surface area contributed by atoms with Crippen LogP contribution in [0.15, 0.2) is 24.3 Å². The minimum atomic E-state index is -4.34. The maximum absolute atomic E-state index is 12.4. The number of hydrogen-bond donors (Lipinski definition) is 2. The van der Waals surface area contributed by atoms with Crippen molar-refractivity contribution in [2.45, 2.75) is 26.4 Å². The summed E-state index contributed by atoms with van der Waals surface area (Å²) >= 11 is 0. The fourth-order valence-corrected chi connectivity index (χ4v) is 1.52. The number of alkyl halides is 3. The van der Waals surface area contributed by atoms with Gasteiger partial charge in [0.1, 0.15) is 0 Å². The number of rotatable bonds is 6. The van der Waals surface area contributed by atoms with E-state index in [0.717, 1.165) is 18.6 Å². The van der Waals surface area contributed by atoms with Crippen molar-refractivity contribution in [1.82, 2.24) is 5.32 Å². The van der Waals surface area contributed by atoms with Gasteiger partial charge in [-0.3, -0.25) is 4.79 Å². The third-order valence-corrected chi connectivity index (χ3v) is 2.71. The summed E-state index contributed by atoms with van der Waals surface area (Å²) in [6.45, 7) is 4.77. The molecular formula is C14H19F3N2O. The van der Waals surface area contributed by atoms with Crippen molar-refractivity contribution < 1.29 is 18.0 Å². The molecule has 2 N–H and O–H groups in total. The number of carbonyl (C=O) groups excluding carboxylic acids is 1. The minimum absolute atomic E-state index is 0.0451. The van der Waals surface area contributed by atoms with Gasteiger partial charge in [-0.2, -0.15) is 13.2 Å². The lowest BCUT2D eigenvalue weighted by Crippen LogP contribution is -2.31. The highest BCUT2D eigenvalue weighted by Crippen LogP contribution is 2.29. The molecule has 0 fully saturated rings. The number of nitrogens with one attached hydrogen (secondary N) is 2. The van der Waals surface area contributed by atoms with Crippen LogP contribution in [0.1, 0.15) is 25.8 Å². The molecule has 0 radical (unpaired) electrons. The van der Waals surface area contributed by atoms with Crippen LogP contribution in [0.3, 0.4) is 0 Å². The van der Waals surface area contributed by atoms with Crippen LogP contribution in [0.2, 0.25) is 0 Å². The Morgan fingerprint density at radius 1 is 1.20 bits per heavy atom. The third-order valence-electron chi connectivity index (χ3n) is 2.71. The number of hydrogen-bond acceptors (Lipinski definition) is 2. The summed E-state index contributed by atoms with van der Waals surface area (Å²) in [5.74, 6) is 0.337. The quantitative estimate of drug-likeness (QED) is 0.843. The smallest absolute Gasteiger partial charge is 0.376 e. The van der Waals surface area contributed by atoms with Gasteiger partial charge < -0.3 is 10.6 Å². The molecule has 0 aromatic heterocycles. The molecule has 1 amide bonds. The highest BCUT2D eigenvalue weighted by atomic mass is 19.4. The summed E-state index contributed by atoms with van der Waals surface area (Å²) in [6, 6.07) is 4.59. The van der Waals surface area contributed by atoms with E-state index in [0.29, 0.717) is 18.2 Å². The van der Waals surface area contributed by atoms with Crippen LogP contribution < -0.4 is 10.6 Å². The molecule has 1 aromatic carbocycles. The highest BCUT2D eigenvalue weighted by Gasteiger charge is 2.29. The van der Waals surface area contributed by atoms with Crippen molar-refractivity contribution in [3.8, 4) is 0 Å². The van der Waals surface area contributed by atoms with E-state index in [1.165, 1.54) is 12.1 Å². The number of halogens is 3. The average molecular weight is 288 g/mol. The molecule has 20 heavy (non-hydrogen) atoms. The Morgan fingerprint density at radius 3 is 2.30 bits per heavy atom. The summed E-state index contributed by atoms with van der Waals surface area (Å²) in [5, 5.41) is 5.52. The predicted molar refractivity (Wildman–Crippen MR) is 72.4 cm³/mol. The van der Waals surface area contributed by atoms with Crippen LogP contribution >= 0.6 is 0 Å². The van der Waals surface area contributed by atoms with E-state index in [9.17, 15) is 18.0 Å². The predicted octanol–water partition coefficient (Wildman–Crippen LogP) is 3.28. The molecule has 0 spiro atoms. The second kappa shape index (κ2) is 7.17. The van der Waals surface area contributed by atoms with Gasteiger partial charge in [-0.15, -0.1) is 0 Å². The van der Waals surface area contributed by atoms with E-state index in [1.54, 1.807) is 0 Å². The Balaban J connectivity index is 2.37. The molecule has 0 aliphatic heterocycles. The minimum Gasteiger partial charge on any atom is -0.376 e. The SMILES string of the molecule is CC(C)CCNC(=O)CNc1ccc(C(F)(F)F)cc1. The van der Waals surface area contributed by atoms with E-state index in [4.69, 9.17) is 0 Å². The second-order valence-electron chi connectivity index (χ2n) is 4.96. The first-order chi connectivity index (χ1) is 9.29. The maximum Gasteiger partial charge on any atom is 0.416 e. The first-order valence-electron chi connectivity index (χ1n) is 6.47. The van der Waals surface area contributed by atoms with E-state index in [2.05, 4.69) is 24.5 Å². The molecule has 112 valence electrons. The first kappa shape index (κ1) is 16.3.